The molecular formula is C10H11NO4S. The standard InChI is InChI=1S/C10H11NO4S/c1-2-16(15)7-10(12)8-3-5-9(6-4-8)11(13)14/h3-6H,2,7H2,1H3. The zero-order valence-electron chi connectivity index (χ0n) is 8.71. The van der Waals surface area contributed by atoms with Crippen molar-refractivity contribution in [3.8, 4) is 0 Å². The van der Waals surface area contributed by atoms with E-state index in [4.69, 9.17) is 0 Å². The van der Waals surface area contributed by atoms with Gasteiger partial charge in [-0.2, -0.15) is 0 Å². The molecule has 1 aromatic carbocycles. The van der Waals surface area contributed by atoms with Crippen LogP contribution in [0.4, 0.5) is 5.69 Å². The van der Waals surface area contributed by atoms with E-state index in [9.17, 15) is 19.1 Å². The molecule has 0 radical (unpaired) electrons. The van der Waals surface area contributed by atoms with Crippen LogP contribution in [0.25, 0.3) is 0 Å². The number of hydrogen-bond acceptors (Lipinski definition) is 4. The van der Waals surface area contributed by atoms with Crippen molar-refractivity contribution < 1.29 is 13.9 Å². The fourth-order valence-electron chi connectivity index (χ4n) is 1.10. The first-order valence-corrected chi connectivity index (χ1v) is 6.16. The third-order valence-corrected chi connectivity index (χ3v) is 3.24. The highest BCUT2D eigenvalue weighted by molar-refractivity contribution is 7.85. The number of rotatable bonds is 5. The highest BCUT2D eigenvalue weighted by Gasteiger charge is 2.11. The van der Waals surface area contributed by atoms with Crippen LogP contribution in [0.3, 0.4) is 0 Å². The van der Waals surface area contributed by atoms with Gasteiger partial charge in [0, 0.05) is 34.2 Å². The van der Waals surface area contributed by atoms with E-state index in [0.29, 0.717) is 11.3 Å². The molecule has 0 spiro atoms. The Balaban J connectivity index is 2.78. The van der Waals surface area contributed by atoms with Crippen molar-refractivity contribution in [3.63, 3.8) is 0 Å². The minimum absolute atomic E-state index is 0.0334. The summed E-state index contributed by atoms with van der Waals surface area (Å²) in [4.78, 5) is 21.4. The number of nitro benzene ring substituents is 1. The predicted octanol–water partition coefficient (Wildman–Crippen LogP) is 1.55. The zero-order chi connectivity index (χ0) is 12.1. The molecule has 1 rings (SSSR count). The molecule has 6 heteroatoms. The second-order valence-corrected chi connectivity index (χ2v) is 4.85. The number of nitro groups is 1. The number of nitrogens with zero attached hydrogens (tertiary/aromatic N) is 1. The Bertz CT molecular complexity index is 427. The lowest BCUT2D eigenvalue weighted by atomic mass is 10.1. The Hall–Kier alpha value is -1.56. The zero-order valence-corrected chi connectivity index (χ0v) is 9.53. The average molecular weight is 241 g/mol. The Morgan fingerprint density at radius 2 is 1.94 bits per heavy atom. The highest BCUT2D eigenvalue weighted by Crippen LogP contribution is 2.12. The SMILES string of the molecule is CCS(=O)CC(=O)c1ccc([N+](=O)[O-])cc1. The van der Waals surface area contributed by atoms with Gasteiger partial charge in [0.25, 0.3) is 5.69 Å². The number of carbonyl (C=O) groups excluding carboxylic acids is 1. The van der Waals surface area contributed by atoms with Gasteiger partial charge in [-0.25, -0.2) is 0 Å². The number of benzene rings is 1. The summed E-state index contributed by atoms with van der Waals surface area (Å²) in [5, 5.41) is 10.4. The number of Topliss-reactive ketones (excluding diaryl/α,β-unsaturated/α-hetero) is 1. The topological polar surface area (TPSA) is 77.3 Å². The molecule has 0 aliphatic heterocycles. The molecule has 0 heterocycles. The van der Waals surface area contributed by atoms with Crippen LogP contribution in [0.5, 0.6) is 0 Å². The van der Waals surface area contributed by atoms with Gasteiger partial charge in [0.05, 0.1) is 10.7 Å². The largest absolute Gasteiger partial charge is 0.293 e. The van der Waals surface area contributed by atoms with E-state index in [1.54, 1.807) is 6.92 Å². The van der Waals surface area contributed by atoms with Gasteiger partial charge in [-0.15, -0.1) is 0 Å². The first-order chi connectivity index (χ1) is 7.54. The first-order valence-electron chi connectivity index (χ1n) is 4.67. The van der Waals surface area contributed by atoms with Crippen LogP contribution in [-0.4, -0.2) is 26.4 Å². The number of non-ortho nitro benzene ring substituents is 1. The van der Waals surface area contributed by atoms with Gasteiger partial charge in [0.15, 0.2) is 5.78 Å². The van der Waals surface area contributed by atoms with E-state index in [0.717, 1.165) is 0 Å². The van der Waals surface area contributed by atoms with Crippen LogP contribution in [0.15, 0.2) is 24.3 Å². The second-order valence-electron chi connectivity index (χ2n) is 3.10. The van der Waals surface area contributed by atoms with Crippen LogP contribution >= 0.6 is 0 Å². The molecule has 1 aromatic rings. The van der Waals surface area contributed by atoms with E-state index >= 15 is 0 Å². The van der Waals surface area contributed by atoms with Crippen molar-refractivity contribution in [1.82, 2.24) is 0 Å². The van der Waals surface area contributed by atoms with Gasteiger partial charge in [0.1, 0.15) is 0 Å². The Kier molecular flexibility index (Phi) is 4.30. The minimum Gasteiger partial charge on any atom is -0.293 e. The Labute approximate surface area is 95.1 Å². The van der Waals surface area contributed by atoms with E-state index in [-0.39, 0.29) is 17.2 Å². The third-order valence-electron chi connectivity index (χ3n) is 2.01. The summed E-state index contributed by atoms with van der Waals surface area (Å²) in [6.45, 7) is 1.74. The molecule has 0 aliphatic rings. The van der Waals surface area contributed by atoms with Crippen molar-refractivity contribution in [2.75, 3.05) is 11.5 Å². The van der Waals surface area contributed by atoms with Gasteiger partial charge in [0.2, 0.25) is 0 Å². The molecule has 0 amide bonds. The predicted molar refractivity (Wildman–Crippen MR) is 61.0 cm³/mol. The maximum atomic E-state index is 11.5. The summed E-state index contributed by atoms with van der Waals surface area (Å²) in [5.74, 6) is 0.141. The molecule has 16 heavy (non-hydrogen) atoms. The van der Waals surface area contributed by atoms with Gasteiger partial charge < -0.3 is 0 Å². The Morgan fingerprint density at radius 1 is 1.38 bits per heavy atom. The maximum Gasteiger partial charge on any atom is 0.269 e. The normalized spacial score (nSPS) is 12.1. The Morgan fingerprint density at radius 3 is 2.38 bits per heavy atom. The summed E-state index contributed by atoms with van der Waals surface area (Å²) >= 11 is 0. The number of ketones is 1. The third kappa shape index (κ3) is 3.23. The first kappa shape index (κ1) is 12.5. The monoisotopic (exact) mass is 241 g/mol. The quantitative estimate of drug-likeness (QED) is 0.445. The lowest BCUT2D eigenvalue weighted by Crippen LogP contribution is -2.12. The molecule has 1 atom stereocenters. The van der Waals surface area contributed by atoms with Crippen molar-refractivity contribution in [2.45, 2.75) is 6.92 Å². The fraction of sp³-hybridized carbons (Fsp3) is 0.300. The van der Waals surface area contributed by atoms with E-state index in [1.807, 2.05) is 0 Å². The van der Waals surface area contributed by atoms with Crippen molar-refractivity contribution in [1.29, 1.82) is 0 Å². The second kappa shape index (κ2) is 5.50. The van der Waals surface area contributed by atoms with Crippen LogP contribution in [0.2, 0.25) is 0 Å². The average Bonchev–Trinajstić information content (AvgIpc) is 2.28. The molecule has 0 fully saturated rings. The summed E-state index contributed by atoms with van der Waals surface area (Å²) in [7, 11) is -1.16. The summed E-state index contributed by atoms with van der Waals surface area (Å²) in [5.41, 5.74) is 0.292. The molecule has 86 valence electrons. The summed E-state index contributed by atoms with van der Waals surface area (Å²) in [6.07, 6.45) is 0. The van der Waals surface area contributed by atoms with Crippen LogP contribution in [0, 0.1) is 10.1 Å². The molecule has 0 aliphatic carbocycles. The minimum atomic E-state index is -1.16. The van der Waals surface area contributed by atoms with E-state index < -0.39 is 15.7 Å². The van der Waals surface area contributed by atoms with Crippen LogP contribution in [0.1, 0.15) is 17.3 Å². The van der Waals surface area contributed by atoms with Gasteiger partial charge in [-0.05, 0) is 12.1 Å². The molecular weight excluding hydrogens is 230 g/mol. The number of carbonyl (C=O) groups is 1. The molecule has 0 saturated heterocycles. The maximum absolute atomic E-state index is 11.5. The molecule has 0 bridgehead atoms. The van der Waals surface area contributed by atoms with Crippen molar-refractivity contribution in [2.24, 2.45) is 0 Å². The number of hydrogen-bond donors (Lipinski definition) is 0. The fourth-order valence-corrected chi connectivity index (χ4v) is 1.76. The lowest BCUT2D eigenvalue weighted by molar-refractivity contribution is -0.384. The lowest BCUT2D eigenvalue weighted by Gasteiger charge is -1.99. The highest BCUT2D eigenvalue weighted by atomic mass is 32.2. The summed E-state index contributed by atoms with van der Waals surface area (Å²) < 4.78 is 11.2. The van der Waals surface area contributed by atoms with Crippen molar-refractivity contribution >= 4 is 22.3 Å². The van der Waals surface area contributed by atoms with Gasteiger partial charge in [-0.1, -0.05) is 6.92 Å². The molecule has 0 N–H and O–H groups in total. The molecule has 5 nitrogen and oxygen atoms in total. The van der Waals surface area contributed by atoms with Gasteiger partial charge >= 0.3 is 0 Å². The smallest absolute Gasteiger partial charge is 0.269 e. The van der Waals surface area contributed by atoms with E-state index in [2.05, 4.69) is 0 Å². The molecule has 0 saturated carbocycles. The van der Waals surface area contributed by atoms with Crippen molar-refractivity contribution in [3.05, 3.63) is 39.9 Å². The molecule has 1 unspecified atom stereocenters. The van der Waals surface area contributed by atoms with E-state index in [1.165, 1.54) is 24.3 Å². The van der Waals surface area contributed by atoms with Gasteiger partial charge in [-0.3, -0.25) is 19.1 Å². The molecule has 0 aromatic heterocycles. The summed E-state index contributed by atoms with van der Waals surface area (Å²) in [6, 6.07) is 5.30. The van der Waals surface area contributed by atoms with Crippen LogP contribution in [-0.2, 0) is 10.8 Å². The van der Waals surface area contributed by atoms with Crippen LogP contribution < -0.4 is 0 Å².